The van der Waals surface area contributed by atoms with Crippen LogP contribution in [-0.4, -0.2) is 67.7 Å². The van der Waals surface area contributed by atoms with E-state index in [9.17, 15) is 9.59 Å². The van der Waals surface area contributed by atoms with Crippen molar-refractivity contribution in [1.29, 1.82) is 0 Å². The molecule has 1 atom stereocenters. The van der Waals surface area contributed by atoms with E-state index >= 15 is 0 Å². The zero-order valence-electron chi connectivity index (χ0n) is 13.2. The molecular weight excluding hydrogens is 270 g/mol. The lowest BCUT2D eigenvalue weighted by Crippen LogP contribution is -2.57. The molecule has 0 radical (unpaired) electrons. The maximum absolute atomic E-state index is 12.9. The molecular formula is C15H27N3O3. The SMILES string of the molecule is CCOC(=O)N1CCN(C(=O)C2(CC)CCCNC2)CC1. The van der Waals surface area contributed by atoms with Crippen molar-refractivity contribution < 1.29 is 14.3 Å². The Morgan fingerprint density at radius 2 is 1.81 bits per heavy atom. The van der Waals surface area contributed by atoms with E-state index in [0.717, 1.165) is 32.4 Å². The van der Waals surface area contributed by atoms with E-state index in [1.54, 1.807) is 11.8 Å². The van der Waals surface area contributed by atoms with E-state index in [0.29, 0.717) is 32.8 Å². The molecule has 2 heterocycles. The van der Waals surface area contributed by atoms with E-state index in [1.165, 1.54) is 0 Å². The molecule has 6 heteroatoms. The number of piperidine rings is 1. The molecule has 2 rings (SSSR count). The van der Waals surface area contributed by atoms with Crippen LogP contribution in [0.3, 0.4) is 0 Å². The molecule has 0 spiro atoms. The number of piperazine rings is 1. The first-order chi connectivity index (χ1) is 10.1. The van der Waals surface area contributed by atoms with E-state index in [1.807, 2.05) is 4.90 Å². The number of rotatable bonds is 3. The third-order valence-corrected chi connectivity index (χ3v) is 4.70. The molecule has 0 aromatic rings. The summed E-state index contributed by atoms with van der Waals surface area (Å²) in [5.41, 5.74) is -0.246. The predicted molar refractivity (Wildman–Crippen MR) is 80.0 cm³/mol. The molecule has 0 saturated carbocycles. The maximum atomic E-state index is 12.9. The van der Waals surface area contributed by atoms with E-state index in [-0.39, 0.29) is 17.4 Å². The molecule has 2 aliphatic rings. The fourth-order valence-electron chi connectivity index (χ4n) is 3.25. The van der Waals surface area contributed by atoms with E-state index in [2.05, 4.69) is 12.2 Å². The van der Waals surface area contributed by atoms with Gasteiger partial charge < -0.3 is 19.9 Å². The summed E-state index contributed by atoms with van der Waals surface area (Å²) < 4.78 is 5.01. The molecule has 21 heavy (non-hydrogen) atoms. The topological polar surface area (TPSA) is 61.9 Å². The zero-order valence-corrected chi connectivity index (χ0v) is 13.2. The second-order valence-electron chi connectivity index (χ2n) is 5.89. The molecule has 0 aromatic heterocycles. The van der Waals surface area contributed by atoms with Crippen LogP contribution >= 0.6 is 0 Å². The molecule has 1 N–H and O–H groups in total. The number of hydrogen-bond donors (Lipinski definition) is 1. The van der Waals surface area contributed by atoms with Gasteiger partial charge in [-0.3, -0.25) is 4.79 Å². The number of hydrogen-bond acceptors (Lipinski definition) is 4. The lowest BCUT2D eigenvalue weighted by atomic mass is 9.77. The van der Waals surface area contributed by atoms with Gasteiger partial charge in [0.15, 0.2) is 0 Å². The van der Waals surface area contributed by atoms with Crippen molar-refractivity contribution in [2.75, 3.05) is 45.9 Å². The summed E-state index contributed by atoms with van der Waals surface area (Å²) in [7, 11) is 0. The maximum Gasteiger partial charge on any atom is 0.409 e. The van der Waals surface area contributed by atoms with Gasteiger partial charge in [-0.15, -0.1) is 0 Å². The molecule has 2 fully saturated rings. The van der Waals surface area contributed by atoms with Crippen LogP contribution in [0.5, 0.6) is 0 Å². The van der Waals surface area contributed by atoms with Crippen LogP contribution in [0.2, 0.25) is 0 Å². The number of carbonyl (C=O) groups is 2. The number of ether oxygens (including phenoxy) is 1. The summed E-state index contributed by atoms with van der Waals surface area (Å²) in [5.74, 6) is 0.251. The number of carbonyl (C=O) groups excluding carboxylic acids is 2. The minimum absolute atomic E-state index is 0.246. The van der Waals surface area contributed by atoms with Crippen molar-refractivity contribution in [2.24, 2.45) is 5.41 Å². The van der Waals surface area contributed by atoms with E-state index < -0.39 is 0 Å². The van der Waals surface area contributed by atoms with Crippen LogP contribution in [-0.2, 0) is 9.53 Å². The van der Waals surface area contributed by atoms with Crippen molar-refractivity contribution >= 4 is 12.0 Å². The van der Waals surface area contributed by atoms with Crippen molar-refractivity contribution in [3.8, 4) is 0 Å². The highest BCUT2D eigenvalue weighted by Crippen LogP contribution is 2.32. The quantitative estimate of drug-likeness (QED) is 0.846. The van der Waals surface area contributed by atoms with Gasteiger partial charge in [-0.2, -0.15) is 0 Å². The molecule has 0 bridgehead atoms. The van der Waals surface area contributed by atoms with Gasteiger partial charge in [0.05, 0.1) is 12.0 Å². The van der Waals surface area contributed by atoms with Crippen LogP contribution in [0.4, 0.5) is 4.79 Å². The normalized spacial score (nSPS) is 26.6. The Bertz CT molecular complexity index is 372. The number of nitrogens with one attached hydrogen (secondary N) is 1. The zero-order chi connectivity index (χ0) is 15.3. The summed E-state index contributed by atoms with van der Waals surface area (Å²) in [4.78, 5) is 28.2. The van der Waals surface area contributed by atoms with Crippen molar-refractivity contribution in [1.82, 2.24) is 15.1 Å². The Balaban J connectivity index is 1.91. The van der Waals surface area contributed by atoms with Crippen LogP contribution in [0.15, 0.2) is 0 Å². The van der Waals surface area contributed by atoms with Crippen molar-refractivity contribution in [3.63, 3.8) is 0 Å². The van der Waals surface area contributed by atoms with Gasteiger partial charge in [0.25, 0.3) is 0 Å². The third kappa shape index (κ3) is 3.48. The summed E-state index contributed by atoms with van der Waals surface area (Å²) in [5, 5.41) is 3.36. The van der Waals surface area contributed by atoms with Gasteiger partial charge in [-0.05, 0) is 32.7 Å². The molecule has 2 amide bonds. The molecule has 2 saturated heterocycles. The summed E-state index contributed by atoms with van der Waals surface area (Å²) in [6.07, 6.45) is 2.63. The molecule has 0 aromatic carbocycles. The van der Waals surface area contributed by atoms with Crippen LogP contribution in [0.1, 0.15) is 33.1 Å². The van der Waals surface area contributed by atoms with Gasteiger partial charge in [-0.1, -0.05) is 6.92 Å². The summed E-state index contributed by atoms with van der Waals surface area (Å²) in [6, 6.07) is 0. The highest BCUT2D eigenvalue weighted by Gasteiger charge is 2.41. The highest BCUT2D eigenvalue weighted by molar-refractivity contribution is 5.83. The van der Waals surface area contributed by atoms with Crippen LogP contribution < -0.4 is 5.32 Å². The number of nitrogens with zero attached hydrogens (tertiary/aromatic N) is 2. The summed E-state index contributed by atoms with van der Waals surface area (Å²) in [6.45, 7) is 8.43. The Hall–Kier alpha value is -1.30. The van der Waals surface area contributed by atoms with Crippen molar-refractivity contribution in [3.05, 3.63) is 0 Å². The fraction of sp³-hybridized carbons (Fsp3) is 0.867. The van der Waals surface area contributed by atoms with Gasteiger partial charge in [0, 0.05) is 32.7 Å². The van der Waals surface area contributed by atoms with Gasteiger partial charge in [0.1, 0.15) is 0 Å². The highest BCUT2D eigenvalue weighted by atomic mass is 16.6. The van der Waals surface area contributed by atoms with E-state index in [4.69, 9.17) is 4.74 Å². The Kier molecular flexibility index (Phi) is 5.45. The second kappa shape index (κ2) is 7.11. The minimum Gasteiger partial charge on any atom is -0.450 e. The molecule has 120 valence electrons. The molecule has 6 nitrogen and oxygen atoms in total. The molecule has 1 unspecified atom stereocenters. The molecule has 2 aliphatic heterocycles. The second-order valence-corrected chi connectivity index (χ2v) is 5.89. The monoisotopic (exact) mass is 297 g/mol. The first-order valence-electron chi connectivity index (χ1n) is 8.05. The largest absolute Gasteiger partial charge is 0.450 e. The average molecular weight is 297 g/mol. The lowest BCUT2D eigenvalue weighted by molar-refractivity contribution is -0.145. The predicted octanol–water partition coefficient (Wildman–Crippen LogP) is 1.07. The first kappa shape index (κ1) is 16.1. The van der Waals surface area contributed by atoms with Gasteiger partial charge in [0.2, 0.25) is 5.91 Å². The fourth-order valence-corrected chi connectivity index (χ4v) is 3.25. The van der Waals surface area contributed by atoms with Crippen molar-refractivity contribution in [2.45, 2.75) is 33.1 Å². The Morgan fingerprint density at radius 3 is 2.33 bits per heavy atom. The van der Waals surface area contributed by atoms with Gasteiger partial charge in [-0.25, -0.2) is 4.79 Å². The Morgan fingerprint density at radius 1 is 1.14 bits per heavy atom. The van der Waals surface area contributed by atoms with Gasteiger partial charge >= 0.3 is 6.09 Å². The standard InChI is InChI=1S/C15H27N3O3/c1-3-15(6-5-7-16-12-15)13(19)17-8-10-18(11-9-17)14(20)21-4-2/h16H,3-12H2,1-2H3. The van der Waals surface area contributed by atoms with Crippen LogP contribution in [0, 0.1) is 5.41 Å². The average Bonchev–Trinajstić information content (AvgIpc) is 2.55. The summed E-state index contributed by atoms with van der Waals surface area (Å²) >= 11 is 0. The molecule has 0 aliphatic carbocycles. The third-order valence-electron chi connectivity index (χ3n) is 4.70. The van der Waals surface area contributed by atoms with Crippen LogP contribution in [0.25, 0.3) is 0 Å². The smallest absolute Gasteiger partial charge is 0.409 e. The first-order valence-corrected chi connectivity index (χ1v) is 8.05. The lowest BCUT2D eigenvalue weighted by Gasteiger charge is -2.42. The minimum atomic E-state index is -0.269. The number of amides is 2. The Labute approximate surface area is 126 Å².